The molecule has 0 radical (unpaired) electrons. The molecule has 0 unspecified atom stereocenters. The average Bonchev–Trinajstić information content (AvgIpc) is 2.27. The molecule has 112 valence electrons. The Morgan fingerprint density at radius 1 is 0.800 bits per heavy atom. The summed E-state index contributed by atoms with van der Waals surface area (Å²) in [6, 6.07) is 8.20. The first-order chi connectivity index (χ1) is 8.81. The summed E-state index contributed by atoms with van der Waals surface area (Å²) in [5.74, 6) is 0. The Morgan fingerprint density at radius 2 is 1.15 bits per heavy atom. The molecule has 2 heterocycles. The van der Waals surface area contributed by atoms with Gasteiger partial charge in [0, 0.05) is 24.5 Å². The molecule has 2 aromatic heterocycles. The van der Waals surface area contributed by atoms with Crippen LogP contribution in [0.25, 0.3) is 11.1 Å². The molecular weight excluding hydrogens is 305 g/mol. The van der Waals surface area contributed by atoms with Gasteiger partial charge in [-0.05, 0) is 23.3 Å². The summed E-state index contributed by atoms with van der Waals surface area (Å²) in [5, 5.41) is 0. The molecule has 0 spiro atoms. The normalized spacial score (nSPS) is 14.6. The van der Waals surface area contributed by atoms with Gasteiger partial charge in [0.15, 0.2) is 12.4 Å². The van der Waals surface area contributed by atoms with Gasteiger partial charge in [0.2, 0.25) is 0 Å². The summed E-state index contributed by atoms with van der Waals surface area (Å²) in [4.78, 5) is 3.98. The van der Waals surface area contributed by atoms with E-state index in [1.807, 2.05) is 48.5 Å². The minimum atomic E-state index is -10.7. The van der Waals surface area contributed by atoms with Crippen LogP contribution in [0.3, 0.4) is 0 Å². The quantitative estimate of drug-likeness (QED) is 0.413. The van der Waals surface area contributed by atoms with Crippen molar-refractivity contribution in [3.05, 3.63) is 49.1 Å². The van der Waals surface area contributed by atoms with E-state index in [4.69, 9.17) is 0 Å². The maximum absolute atomic E-state index is 10.7. The van der Waals surface area contributed by atoms with Gasteiger partial charge >= 0.3 is 33.0 Å². The molecule has 0 atom stereocenters. The Hall–Kier alpha value is -1.69. The predicted octanol–water partition coefficient (Wildman–Crippen LogP) is 4.96. The van der Waals surface area contributed by atoms with Gasteiger partial charge in [-0.25, -0.2) is 4.57 Å². The van der Waals surface area contributed by atoms with Crippen LogP contribution in [0.5, 0.6) is 0 Å². The molecule has 0 amide bonds. The first-order valence-electron chi connectivity index (χ1n) is 5.23. The molecule has 2 nitrogen and oxygen atoms in total. The molecule has 0 saturated heterocycles. The zero-order valence-corrected chi connectivity index (χ0v) is 11.1. The van der Waals surface area contributed by atoms with Crippen LogP contribution in [0.4, 0.5) is 25.2 Å². The van der Waals surface area contributed by atoms with E-state index in [1.165, 1.54) is 11.1 Å². The molecule has 0 aliphatic heterocycles. The molecule has 20 heavy (non-hydrogen) atoms. The summed E-state index contributed by atoms with van der Waals surface area (Å²) >= 11 is 0. The average molecular weight is 316 g/mol. The molecule has 0 aliphatic carbocycles. The van der Waals surface area contributed by atoms with Crippen molar-refractivity contribution in [1.29, 1.82) is 0 Å². The zero-order chi connectivity index (χ0) is 15.5. The topological polar surface area (TPSA) is 16.8 Å². The van der Waals surface area contributed by atoms with Gasteiger partial charge in [-0.3, -0.25) is 4.98 Å². The number of aromatic nitrogens is 2. The first kappa shape index (κ1) is 16.4. The second-order valence-electron chi connectivity index (χ2n) is 3.95. The monoisotopic (exact) mass is 316 g/mol. The fourth-order valence-corrected chi connectivity index (χ4v) is 1.24. The van der Waals surface area contributed by atoms with E-state index in [0.717, 1.165) is 0 Å². The molecule has 0 aromatic carbocycles. The van der Waals surface area contributed by atoms with Crippen LogP contribution in [-0.4, -0.2) is 4.98 Å². The van der Waals surface area contributed by atoms with Gasteiger partial charge in [0.1, 0.15) is 7.05 Å². The van der Waals surface area contributed by atoms with E-state index in [-0.39, 0.29) is 0 Å². The Bertz CT molecular complexity index is 553. The number of halogens is 6. The van der Waals surface area contributed by atoms with Crippen LogP contribution < -0.4 is 4.57 Å². The van der Waals surface area contributed by atoms with Crippen LogP contribution in [0.15, 0.2) is 49.1 Å². The van der Waals surface area contributed by atoms with E-state index in [0.29, 0.717) is 0 Å². The second-order valence-corrected chi connectivity index (χ2v) is 5.86. The Morgan fingerprint density at radius 3 is 1.55 bits per heavy atom. The van der Waals surface area contributed by atoms with Gasteiger partial charge in [0.05, 0.1) is 0 Å². The van der Waals surface area contributed by atoms with Crippen molar-refractivity contribution in [3.8, 4) is 11.1 Å². The van der Waals surface area contributed by atoms with Crippen LogP contribution in [-0.2, 0) is 7.05 Å². The van der Waals surface area contributed by atoms with Gasteiger partial charge < -0.3 is 0 Å². The van der Waals surface area contributed by atoms with E-state index >= 15 is 0 Å². The summed E-state index contributed by atoms with van der Waals surface area (Å²) in [7, 11) is -8.65. The van der Waals surface area contributed by atoms with Crippen LogP contribution >= 0.6 is 7.81 Å². The molecule has 9 heteroatoms. The molecule has 2 rings (SSSR count). The van der Waals surface area contributed by atoms with Crippen molar-refractivity contribution in [1.82, 2.24) is 4.98 Å². The number of hydrogen-bond donors (Lipinski definition) is 0. The van der Waals surface area contributed by atoms with E-state index in [2.05, 4.69) is 17.1 Å². The summed E-state index contributed by atoms with van der Waals surface area (Å²) < 4.78 is 61.2. The summed E-state index contributed by atoms with van der Waals surface area (Å²) in [6.45, 7) is 0. The Labute approximate surface area is 110 Å². The Balaban J connectivity index is 0.000000246. The van der Waals surface area contributed by atoms with Gasteiger partial charge in [-0.2, -0.15) is 0 Å². The van der Waals surface area contributed by atoms with E-state index in [1.54, 1.807) is 0 Å². The molecule has 0 saturated carbocycles. The molecule has 2 aromatic rings. The first-order valence-corrected chi connectivity index (χ1v) is 7.26. The standard InChI is InChI=1S/C11H11N2.F6P/c1-13-8-4-11(5-9-13)10-2-6-12-7-3-10;1-7(2,3,4,5)6/h2-9H,1H3;/q+1;-1. The van der Waals surface area contributed by atoms with Crippen molar-refractivity contribution in [2.75, 3.05) is 0 Å². The van der Waals surface area contributed by atoms with Gasteiger partial charge in [-0.15, -0.1) is 0 Å². The fraction of sp³-hybridized carbons (Fsp3) is 0.0909. The molecule has 0 N–H and O–H groups in total. The fourth-order valence-electron chi connectivity index (χ4n) is 1.24. The second kappa shape index (κ2) is 4.70. The third-order valence-electron chi connectivity index (χ3n) is 1.99. The number of hydrogen-bond acceptors (Lipinski definition) is 1. The number of pyridine rings is 2. The van der Waals surface area contributed by atoms with Crippen molar-refractivity contribution in [2.24, 2.45) is 7.05 Å². The molecule has 0 aliphatic rings. The SMILES string of the molecule is C[n+]1ccc(-c2ccncc2)cc1.F[P-](F)(F)(F)(F)F. The Kier molecular flexibility index (Phi) is 3.84. The van der Waals surface area contributed by atoms with Crippen molar-refractivity contribution in [3.63, 3.8) is 0 Å². The van der Waals surface area contributed by atoms with Gasteiger partial charge in [-0.1, -0.05) is 0 Å². The molecular formula is C11H11F6N2P. The minimum absolute atomic E-state index is 1.20. The number of nitrogens with zero attached hydrogens (tertiary/aromatic N) is 2. The predicted molar refractivity (Wildman–Crippen MR) is 64.4 cm³/mol. The van der Waals surface area contributed by atoms with Crippen LogP contribution in [0.2, 0.25) is 0 Å². The van der Waals surface area contributed by atoms with Crippen LogP contribution in [0.1, 0.15) is 0 Å². The van der Waals surface area contributed by atoms with Crippen molar-refractivity contribution in [2.45, 2.75) is 0 Å². The number of rotatable bonds is 1. The third-order valence-corrected chi connectivity index (χ3v) is 1.99. The molecule has 0 bridgehead atoms. The van der Waals surface area contributed by atoms with Gasteiger partial charge in [0.25, 0.3) is 0 Å². The maximum atomic E-state index is 9.87. The molecule has 0 fully saturated rings. The summed E-state index contributed by atoms with van der Waals surface area (Å²) in [5.41, 5.74) is 2.43. The van der Waals surface area contributed by atoms with Crippen molar-refractivity contribution >= 4 is 7.81 Å². The zero-order valence-electron chi connectivity index (χ0n) is 10.2. The summed E-state index contributed by atoms with van der Waals surface area (Å²) in [6.07, 6.45) is 7.69. The van der Waals surface area contributed by atoms with Crippen LogP contribution in [0, 0.1) is 0 Å². The van der Waals surface area contributed by atoms with E-state index in [9.17, 15) is 25.2 Å². The van der Waals surface area contributed by atoms with E-state index < -0.39 is 7.81 Å². The van der Waals surface area contributed by atoms with Crippen molar-refractivity contribution < 1.29 is 29.7 Å². The number of aryl methyl sites for hydroxylation is 1. The third kappa shape index (κ3) is 9.27.